The van der Waals surface area contributed by atoms with Crippen molar-refractivity contribution >= 4 is 17.2 Å². The van der Waals surface area contributed by atoms with E-state index >= 15 is 0 Å². The number of carbonyl (C=O) groups is 1. The fourth-order valence-corrected chi connectivity index (χ4v) is 4.69. The SMILES string of the molecule is CC1CN(C)CCC1N1C(=O)C2(CC2)NC1c1ccsc1. The minimum atomic E-state index is -0.227. The summed E-state index contributed by atoms with van der Waals surface area (Å²) in [5.41, 5.74) is 1.03. The molecule has 5 heteroatoms. The van der Waals surface area contributed by atoms with Gasteiger partial charge in [-0.2, -0.15) is 11.3 Å². The molecule has 3 atom stereocenters. The smallest absolute Gasteiger partial charge is 0.244 e. The molecule has 0 radical (unpaired) electrons. The molecule has 1 N–H and O–H groups in total. The number of amides is 1. The molecule has 4 rings (SSSR count). The Morgan fingerprint density at radius 2 is 2.24 bits per heavy atom. The van der Waals surface area contributed by atoms with Crippen molar-refractivity contribution in [2.75, 3.05) is 20.1 Å². The van der Waals surface area contributed by atoms with Crippen molar-refractivity contribution in [3.05, 3.63) is 22.4 Å². The van der Waals surface area contributed by atoms with Crippen LogP contribution in [0.25, 0.3) is 0 Å². The second kappa shape index (κ2) is 4.80. The number of rotatable bonds is 2. The third-order valence-corrected chi connectivity index (χ3v) is 6.07. The van der Waals surface area contributed by atoms with Crippen LogP contribution in [0.4, 0.5) is 0 Å². The summed E-state index contributed by atoms with van der Waals surface area (Å²) in [4.78, 5) is 17.5. The van der Waals surface area contributed by atoms with E-state index in [9.17, 15) is 4.79 Å². The normalized spacial score (nSPS) is 35.6. The molecule has 3 heterocycles. The number of likely N-dealkylation sites (tertiary alicyclic amines) is 1. The van der Waals surface area contributed by atoms with E-state index in [-0.39, 0.29) is 11.7 Å². The van der Waals surface area contributed by atoms with Gasteiger partial charge in [0.2, 0.25) is 5.91 Å². The van der Waals surface area contributed by atoms with Gasteiger partial charge >= 0.3 is 0 Å². The number of hydrogen-bond donors (Lipinski definition) is 1. The number of thiophene rings is 1. The van der Waals surface area contributed by atoms with E-state index < -0.39 is 0 Å². The van der Waals surface area contributed by atoms with Gasteiger partial charge < -0.3 is 9.80 Å². The quantitative estimate of drug-likeness (QED) is 0.908. The van der Waals surface area contributed by atoms with Crippen molar-refractivity contribution in [1.82, 2.24) is 15.1 Å². The average molecular weight is 305 g/mol. The van der Waals surface area contributed by atoms with Crippen LogP contribution in [0.2, 0.25) is 0 Å². The molecule has 1 aromatic rings. The van der Waals surface area contributed by atoms with E-state index in [1.54, 1.807) is 11.3 Å². The Morgan fingerprint density at radius 3 is 2.86 bits per heavy atom. The summed E-state index contributed by atoms with van der Waals surface area (Å²) in [5, 5.41) is 7.93. The summed E-state index contributed by atoms with van der Waals surface area (Å²) in [5.74, 6) is 0.879. The zero-order chi connectivity index (χ0) is 14.6. The highest BCUT2D eigenvalue weighted by molar-refractivity contribution is 7.08. The summed E-state index contributed by atoms with van der Waals surface area (Å²) in [6, 6.07) is 2.52. The zero-order valence-electron chi connectivity index (χ0n) is 12.7. The maximum atomic E-state index is 13.0. The largest absolute Gasteiger partial charge is 0.318 e. The van der Waals surface area contributed by atoms with Crippen LogP contribution in [-0.2, 0) is 4.79 Å². The first-order valence-electron chi connectivity index (χ1n) is 7.92. The average Bonchev–Trinajstić information content (AvgIpc) is 2.92. The van der Waals surface area contributed by atoms with Gasteiger partial charge in [-0.25, -0.2) is 0 Å². The molecular weight excluding hydrogens is 282 g/mol. The Hall–Kier alpha value is -0.910. The van der Waals surface area contributed by atoms with Crippen molar-refractivity contribution in [2.24, 2.45) is 5.92 Å². The van der Waals surface area contributed by atoms with Gasteiger partial charge in [-0.1, -0.05) is 6.92 Å². The van der Waals surface area contributed by atoms with Gasteiger partial charge in [0.1, 0.15) is 11.7 Å². The van der Waals surface area contributed by atoms with Crippen LogP contribution in [0.15, 0.2) is 16.8 Å². The van der Waals surface area contributed by atoms with Crippen LogP contribution < -0.4 is 5.32 Å². The molecule has 3 fully saturated rings. The number of piperidine rings is 1. The molecule has 1 spiro atoms. The molecule has 1 aromatic heterocycles. The lowest BCUT2D eigenvalue weighted by molar-refractivity contribution is -0.135. The lowest BCUT2D eigenvalue weighted by atomic mass is 9.92. The third kappa shape index (κ3) is 2.14. The Balaban J connectivity index is 1.65. The third-order valence-electron chi connectivity index (χ3n) is 5.36. The van der Waals surface area contributed by atoms with Crippen molar-refractivity contribution in [2.45, 2.75) is 43.9 Å². The van der Waals surface area contributed by atoms with Crippen LogP contribution in [0.1, 0.15) is 37.9 Å². The molecule has 0 bridgehead atoms. The first-order chi connectivity index (χ1) is 10.1. The molecule has 114 valence electrons. The fraction of sp³-hybridized carbons (Fsp3) is 0.688. The predicted octanol–water partition coefficient (Wildman–Crippen LogP) is 2.05. The van der Waals surface area contributed by atoms with Crippen LogP contribution in [0, 0.1) is 5.92 Å². The highest BCUT2D eigenvalue weighted by Crippen LogP contribution is 2.48. The van der Waals surface area contributed by atoms with E-state index in [1.165, 1.54) is 5.56 Å². The van der Waals surface area contributed by atoms with Gasteiger partial charge in [0.25, 0.3) is 0 Å². The van der Waals surface area contributed by atoms with Crippen molar-refractivity contribution in [3.8, 4) is 0 Å². The predicted molar refractivity (Wildman–Crippen MR) is 84.1 cm³/mol. The first kappa shape index (κ1) is 13.7. The molecule has 1 amide bonds. The van der Waals surface area contributed by atoms with Gasteiger partial charge in [-0.3, -0.25) is 10.1 Å². The van der Waals surface area contributed by atoms with Crippen LogP contribution >= 0.6 is 11.3 Å². The highest BCUT2D eigenvalue weighted by Gasteiger charge is 2.61. The van der Waals surface area contributed by atoms with E-state index in [2.05, 4.69) is 45.9 Å². The van der Waals surface area contributed by atoms with Gasteiger partial charge in [-0.15, -0.1) is 0 Å². The molecule has 3 aliphatic rings. The van der Waals surface area contributed by atoms with E-state index in [4.69, 9.17) is 0 Å². The Morgan fingerprint density at radius 1 is 1.43 bits per heavy atom. The Bertz CT molecular complexity index is 540. The van der Waals surface area contributed by atoms with Crippen LogP contribution in [0.5, 0.6) is 0 Å². The number of nitrogens with zero attached hydrogens (tertiary/aromatic N) is 2. The summed E-state index contributed by atoms with van der Waals surface area (Å²) in [6.45, 7) is 4.45. The van der Waals surface area contributed by atoms with E-state index in [0.717, 1.165) is 32.4 Å². The molecule has 1 saturated carbocycles. The lowest BCUT2D eigenvalue weighted by Gasteiger charge is -2.42. The van der Waals surface area contributed by atoms with Gasteiger partial charge in [0.05, 0.1) is 0 Å². The summed E-state index contributed by atoms with van der Waals surface area (Å²) in [7, 11) is 2.18. The summed E-state index contributed by atoms with van der Waals surface area (Å²) in [6.07, 6.45) is 3.18. The van der Waals surface area contributed by atoms with Gasteiger partial charge in [-0.05, 0) is 61.2 Å². The molecule has 2 saturated heterocycles. The molecule has 1 aliphatic carbocycles. The van der Waals surface area contributed by atoms with Gasteiger partial charge in [0, 0.05) is 12.6 Å². The molecule has 21 heavy (non-hydrogen) atoms. The molecule has 0 aromatic carbocycles. The zero-order valence-corrected chi connectivity index (χ0v) is 13.5. The van der Waals surface area contributed by atoms with Crippen molar-refractivity contribution in [3.63, 3.8) is 0 Å². The summed E-state index contributed by atoms with van der Waals surface area (Å²) < 4.78 is 0. The second-order valence-corrected chi connectivity index (χ2v) is 7.77. The monoisotopic (exact) mass is 305 g/mol. The van der Waals surface area contributed by atoms with Crippen molar-refractivity contribution < 1.29 is 4.79 Å². The van der Waals surface area contributed by atoms with Crippen molar-refractivity contribution in [1.29, 1.82) is 0 Å². The fourth-order valence-electron chi connectivity index (χ4n) is 4.01. The lowest BCUT2D eigenvalue weighted by Crippen LogP contribution is -2.51. The Labute approximate surface area is 130 Å². The molecule has 2 aliphatic heterocycles. The summed E-state index contributed by atoms with van der Waals surface area (Å²) >= 11 is 1.71. The first-order valence-corrected chi connectivity index (χ1v) is 8.86. The second-order valence-electron chi connectivity index (χ2n) is 6.99. The number of carbonyl (C=O) groups excluding carboxylic acids is 1. The standard InChI is InChI=1S/C16H23N3OS/c1-11-9-18(2)7-3-13(11)19-14(12-4-8-21-10-12)17-16(5-6-16)15(19)20/h4,8,10-11,13-14,17H,3,5-7,9H2,1-2H3. The maximum absolute atomic E-state index is 13.0. The molecule has 4 nitrogen and oxygen atoms in total. The van der Waals surface area contributed by atoms with E-state index in [0.29, 0.717) is 17.9 Å². The van der Waals surface area contributed by atoms with Gasteiger partial charge in [0.15, 0.2) is 0 Å². The minimum absolute atomic E-state index is 0.0853. The minimum Gasteiger partial charge on any atom is -0.318 e. The van der Waals surface area contributed by atoms with E-state index in [1.807, 2.05) is 0 Å². The molecule has 3 unspecified atom stereocenters. The maximum Gasteiger partial charge on any atom is 0.244 e. The number of nitrogens with one attached hydrogen (secondary N) is 1. The van der Waals surface area contributed by atoms with Crippen LogP contribution in [-0.4, -0.2) is 47.4 Å². The van der Waals surface area contributed by atoms with Crippen LogP contribution in [0.3, 0.4) is 0 Å². The topological polar surface area (TPSA) is 35.6 Å². The highest BCUT2D eigenvalue weighted by atomic mass is 32.1. The Kier molecular flexibility index (Phi) is 3.14. The number of hydrogen-bond acceptors (Lipinski definition) is 4. The molecular formula is C16H23N3OS.